The zero-order chi connectivity index (χ0) is 15.8. The highest BCUT2D eigenvalue weighted by Crippen LogP contribution is 2.20. The highest BCUT2D eigenvalue weighted by atomic mass is 16.7. The van der Waals surface area contributed by atoms with Gasteiger partial charge in [-0.3, -0.25) is 9.48 Å². The smallest absolute Gasteiger partial charge is 0.240 e. The van der Waals surface area contributed by atoms with Crippen molar-refractivity contribution >= 4 is 5.78 Å². The van der Waals surface area contributed by atoms with Gasteiger partial charge in [0.2, 0.25) is 12.1 Å². The van der Waals surface area contributed by atoms with E-state index in [1.807, 2.05) is 32.8 Å². The van der Waals surface area contributed by atoms with Gasteiger partial charge in [-0.15, -0.1) is 0 Å². The van der Waals surface area contributed by atoms with Gasteiger partial charge in [0.1, 0.15) is 0 Å². The van der Waals surface area contributed by atoms with Crippen LogP contribution in [0.15, 0.2) is 6.20 Å². The first-order chi connectivity index (χ1) is 10.0. The second-order valence-corrected chi connectivity index (χ2v) is 4.69. The summed E-state index contributed by atoms with van der Waals surface area (Å²) in [4.78, 5) is 14.6. The molecule has 0 atom stereocenters. The lowest BCUT2D eigenvalue weighted by Gasteiger charge is -2.17. The zero-order valence-corrected chi connectivity index (χ0v) is 13.5. The quantitative estimate of drug-likeness (QED) is 0.475. The lowest BCUT2D eigenvalue weighted by Crippen LogP contribution is -2.31. The van der Waals surface area contributed by atoms with E-state index in [2.05, 4.69) is 5.10 Å². The van der Waals surface area contributed by atoms with Gasteiger partial charge in [-0.2, -0.15) is 5.10 Å². The Morgan fingerprint density at radius 3 is 2.43 bits per heavy atom. The highest BCUT2D eigenvalue weighted by Gasteiger charge is 2.28. The highest BCUT2D eigenvalue weighted by molar-refractivity contribution is 5.99. The van der Waals surface area contributed by atoms with Crippen molar-refractivity contribution in [3.05, 3.63) is 11.9 Å². The Bertz CT molecular complexity index is 439. The van der Waals surface area contributed by atoms with Gasteiger partial charge in [0.15, 0.2) is 11.4 Å². The normalized spacial score (nSPS) is 11.4. The number of carbonyl (C=O) groups excluding carboxylic acids is 1. The molecule has 0 aliphatic heterocycles. The van der Waals surface area contributed by atoms with Crippen LogP contribution in [-0.4, -0.2) is 67.7 Å². The van der Waals surface area contributed by atoms with E-state index in [1.165, 1.54) is 13.3 Å². The SMILES string of the molecule is CCOC(OCC)C(=O)c1c(OC)cnn1CCN(C)C. The van der Waals surface area contributed by atoms with Crippen LogP contribution in [-0.2, 0) is 16.0 Å². The molecule has 7 heteroatoms. The summed E-state index contributed by atoms with van der Waals surface area (Å²) >= 11 is 0. The first-order valence-corrected chi connectivity index (χ1v) is 7.07. The summed E-state index contributed by atoms with van der Waals surface area (Å²) in [5.74, 6) is 0.162. The minimum Gasteiger partial charge on any atom is -0.493 e. The first kappa shape index (κ1) is 17.6. The third-order valence-electron chi connectivity index (χ3n) is 2.87. The molecule has 0 aliphatic rings. The van der Waals surface area contributed by atoms with Crippen molar-refractivity contribution in [3.63, 3.8) is 0 Å². The van der Waals surface area contributed by atoms with Crippen molar-refractivity contribution in [1.82, 2.24) is 14.7 Å². The summed E-state index contributed by atoms with van der Waals surface area (Å²) < 4.78 is 17.6. The molecule has 0 spiro atoms. The zero-order valence-electron chi connectivity index (χ0n) is 13.5. The van der Waals surface area contributed by atoms with Crippen LogP contribution in [0.2, 0.25) is 0 Å². The monoisotopic (exact) mass is 299 g/mol. The number of Topliss-reactive ketones (excluding diaryl/α,β-unsaturated/α-hetero) is 1. The Labute approximate surface area is 125 Å². The van der Waals surface area contributed by atoms with Crippen molar-refractivity contribution < 1.29 is 19.0 Å². The second kappa shape index (κ2) is 8.76. The van der Waals surface area contributed by atoms with Crippen LogP contribution in [0.1, 0.15) is 24.3 Å². The Morgan fingerprint density at radius 2 is 1.95 bits per heavy atom. The first-order valence-electron chi connectivity index (χ1n) is 7.07. The summed E-state index contributed by atoms with van der Waals surface area (Å²) in [5, 5.41) is 4.22. The number of rotatable bonds is 10. The number of likely N-dealkylation sites (N-methyl/N-ethyl adjacent to an activating group) is 1. The van der Waals surface area contributed by atoms with Crippen LogP contribution >= 0.6 is 0 Å². The number of aromatic nitrogens is 2. The maximum atomic E-state index is 12.6. The Balaban J connectivity index is 3.00. The van der Waals surface area contributed by atoms with Gasteiger partial charge in [0.25, 0.3) is 0 Å². The van der Waals surface area contributed by atoms with Crippen molar-refractivity contribution in [3.8, 4) is 5.75 Å². The van der Waals surface area contributed by atoms with Crippen molar-refractivity contribution in [2.24, 2.45) is 0 Å². The van der Waals surface area contributed by atoms with Crippen molar-refractivity contribution in [1.29, 1.82) is 0 Å². The molecule has 0 saturated heterocycles. The predicted octanol–water partition coefficient (Wildman–Crippen LogP) is 1.04. The number of methoxy groups -OCH3 is 1. The standard InChI is InChI=1S/C14H25N3O4/c1-6-20-14(21-7-2)13(18)12-11(19-5)10-15-17(12)9-8-16(3)4/h10,14H,6-9H2,1-5H3. The van der Waals surface area contributed by atoms with Crippen LogP contribution in [0.4, 0.5) is 0 Å². The molecular formula is C14H25N3O4. The van der Waals surface area contributed by atoms with Gasteiger partial charge >= 0.3 is 0 Å². The fourth-order valence-electron chi connectivity index (χ4n) is 1.84. The van der Waals surface area contributed by atoms with E-state index in [4.69, 9.17) is 14.2 Å². The summed E-state index contributed by atoms with van der Waals surface area (Å²) in [5.41, 5.74) is 0.381. The minimum atomic E-state index is -0.927. The molecular weight excluding hydrogens is 274 g/mol. The van der Waals surface area contributed by atoms with E-state index in [0.29, 0.717) is 31.2 Å². The summed E-state index contributed by atoms with van der Waals surface area (Å²) in [7, 11) is 5.44. The van der Waals surface area contributed by atoms with Crippen LogP contribution in [0, 0.1) is 0 Å². The maximum Gasteiger partial charge on any atom is 0.240 e. The van der Waals surface area contributed by atoms with E-state index in [1.54, 1.807) is 4.68 Å². The Kier molecular flexibility index (Phi) is 7.35. The van der Waals surface area contributed by atoms with Gasteiger partial charge in [-0.05, 0) is 27.9 Å². The fourth-order valence-corrected chi connectivity index (χ4v) is 1.84. The third-order valence-corrected chi connectivity index (χ3v) is 2.87. The topological polar surface area (TPSA) is 65.8 Å². The van der Waals surface area contributed by atoms with Gasteiger partial charge in [0, 0.05) is 19.8 Å². The molecule has 120 valence electrons. The number of hydrogen-bond donors (Lipinski definition) is 0. The van der Waals surface area contributed by atoms with Gasteiger partial charge < -0.3 is 19.1 Å². The molecule has 1 rings (SSSR count). The van der Waals surface area contributed by atoms with Gasteiger partial charge in [-0.1, -0.05) is 0 Å². The molecule has 21 heavy (non-hydrogen) atoms. The molecule has 0 aromatic carbocycles. The van der Waals surface area contributed by atoms with Crippen molar-refractivity contribution in [2.75, 3.05) is 41.0 Å². The molecule has 1 heterocycles. The summed E-state index contributed by atoms with van der Waals surface area (Å²) in [6.07, 6.45) is 0.612. The molecule has 0 amide bonds. The number of ether oxygens (including phenoxy) is 3. The lowest BCUT2D eigenvalue weighted by molar-refractivity contribution is -0.107. The summed E-state index contributed by atoms with van der Waals surface area (Å²) in [6, 6.07) is 0. The van der Waals surface area contributed by atoms with E-state index in [-0.39, 0.29) is 5.78 Å². The molecule has 1 aromatic rings. The Hall–Kier alpha value is -1.44. The average molecular weight is 299 g/mol. The molecule has 0 fully saturated rings. The molecule has 0 aliphatic carbocycles. The van der Waals surface area contributed by atoms with Crippen molar-refractivity contribution in [2.45, 2.75) is 26.7 Å². The molecule has 0 saturated carbocycles. The molecule has 1 aromatic heterocycles. The molecule has 7 nitrogen and oxygen atoms in total. The van der Waals surface area contributed by atoms with E-state index >= 15 is 0 Å². The van der Waals surface area contributed by atoms with E-state index in [9.17, 15) is 4.79 Å². The van der Waals surface area contributed by atoms with E-state index in [0.717, 1.165) is 6.54 Å². The minimum absolute atomic E-state index is 0.271. The molecule has 0 N–H and O–H groups in total. The average Bonchev–Trinajstić information content (AvgIpc) is 2.87. The van der Waals surface area contributed by atoms with Gasteiger partial charge in [0.05, 0.1) is 19.9 Å². The number of ketones is 1. The molecule has 0 unspecified atom stereocenters. The van der Waals surface area contributed by atoms with Crippen LogP contribution in [0.3, 0.4) is 0 Å². The Morgan fingerprint density at radius 1 is 1.33 bits per heavy atom. The number of hydrogen-bond acceptors (Lipinski definition) is 6. The van der Waals surface area contributed by atoms with Crippen LogP contribution in [0.25, 0.3) is 0 Å². The third kappa shape index (κ3) is 4.80. The van der Waals surface area contributed by atoms with E-state index < -0.39 is 6.29 Å². The molecule has 0 radical (unpaired) electrons. The second-order valence-electron chi connectivity index (χ2n) is 4.69. The lowest BCUT2D eigenvalue weighted by atomic mass is 10.2. The predicted molar refractivity (Wildman–Crippen MR) is 78.7 cm³/mol. The number of carbonyl (C=O) groups is 1. The number of nitrogens with zero attached hydrogens (tertiary/aromatic N) is 3. The van der Waals surface area contributed by atoms with Crippen LogP contribution in [0.5, 0.6) is 5.75 Å². The maximum absolute atomic E-state index is 12.6. The van der Waals surface area contributed by atoms with Crippen LogP contribution < -0.4 is 4.74 Å². The summed E-state index contributed by atoms with van der Waals surface area (Å²) in [6.45, 7) is 5.77. The molecule has 0 bridgehead atoms. The van der Waals surface area contributed by atoms with Gasteiger partial charge in [-0.25, -0.2) is 0 Å². The largest absolute Gasteiger partial charge is 0.493 e. The fraction of sp³-hybridized carbons (Fsp3) is 0.714.